The van der Waals surface area contributed by atoms with Crippen molar-refractivity contribution in [2.24, 2.45) is 5.73 Å². The number of carbonyl (C=O) groups excluding carboxylic acids is 1. The first-order valence-electron chi connectivity index (χ1n) is 13.5. The summed E-state index contributed by atoms with van der Waals surface area (Å²) >= 11 is 0. The number of benzene rings is 2. The quantitative estimate of drug-likeness (QED) is 0.392. The highest BCUT2D eigenvalue weighted by Crippen LogP contribution is 2.52. The number of anilines is 1. The number of hydrogen-bond acceptors (Lipinski definition) is 6. The molecular weight excluding hydrogens is 512 g/mol. The number of hydrogen-bond donors (Lipinski definition) is 1. The Kier molecular flexibility index (Phi) is 4.85. The highest BCUT2D eigenvalue weighted by molar-refractivity contribution is 7.18. The van der Waals surface area contributed by atoms with Crippen molar-refractivity contribution >= 4 is 32.1 Å². The predicted molar refractivity (Wildman–Crippen MR) is 151 cm³/mol. The number of rotatable bonds is 3. The summed E-state index contributed by atoms with van der Waals surface area (Å²) in [6, 6.07) is 11.9. The molecule has 1 aliphatic carbocycles. The summed E-state index contributed by atoms with van der Waals surface area (Å²) in [6.07, 6.45) is 6.77. The van der Waals surface area contributed by atoms with Crippen LogP contribution in [0, 0.1) is 0 Å². The van der Waals surface area contributed by atoms with Gasteiger partial charge in [-0.25, -0.2) is 19.3 Å². The van der Waals surface area contributed by atoms with E-state index in [-0.39, 0.29) is 24.5 Å². The Balaban J connectivity index is 1.21. The molecule has 5 unspecified atom stereocenters. The molecule has 8 rings (SSSR count). The minimum atomic E-state index is -1.54. The maximum atomic E-state index is 14.6. The number of nitrogens with zero attached hydrogens (tertiary/aromatic N) is 6. The molecule has 5 heterocycles. The van der Waals surface area contributed by atoms with Crippen LogP contribution in [-0.4, -0.2) is 61.9 Å². The molecule has 2 bridgehead atoms. The van der Waals surface area contributed by atoms with Crippen LogP contribution in [0.3, 0.4) is 0 Å². The summed E-state index contributed by atoms with van der Waals surface area (Å²) in [4.78, 5) is 31.3. The lowest BCUT2D eigenvalue weighted by atomic mass is 9.91. The molecule has 10 heteroatoms. The molecule has 8 nitrogen and oxygen atoms in total. The third-order valence-corrected chi connectivity index (χ3v) is 9.61. The van der Waals surface area contributed by atoms with Crippen LogP contribution in [0.1, 0.15) is 64.6 Å². The lowest BCUT2D eigenvalue weighted by Crippen LogP contribution is -2.37. The average molecular weight is 542 g/mol. The molecule has 1 amide bonds. The van der Waals surface area contributed by atoms with Crippen molar-refractivity contribution in [2.45, 2.75) is 48.7 Å². The first-order chi connectivity index (χ1) is 18.8. The number of fused-ring (bicyclic) bond motifs is 9. The van der Waals surface area contributed by atoms with Crippen LogP contribution >= 0.6 is 9.24 Å². The molecule has 198 valence electrons. The SMILES string of the molecule is CN1C(=O)c2cccc(C3CC3)c2C2CC1c1nc3ccc(-c4cnc(N5CC(N)C(F)(P)C5)nc4)cc3n12. The molecule has 3 aliphatic heterocycles. The van der Waals surface area contributed by atoms with Gasteiger partial charge in [0, 0.05) is 43.5 Å². The summed E-state index contributed by atoms with van der Waals surface area (Å²) in [5.74, 6) is 2.05. The Labute approximate surface area is 227 Å². The maximum Gasteiger partial charge on any atom is 0.254 e. The number of carbonyl (C=O) groups is 1. The molecule has 4 aromatic rings. The second-order valence-corrected chi connectivity index (χ2v) is 12.5. The van der Waals surface area contributed by atoms with Gasteiger partial charge < -0.3 is 20.1 Å². The van der Waals surface area contributed by atoms with Crippen molar-refractivity contribution in [1.29, 1.82) is 0 Å². The van der Waals surface area contributed by atoms with E-state index in [0.29, 0.717) is 18.4 Å². The zero-order valence-corrected chi connectivity index (χ0v) is 22.7. The van der Waals surface area contributed by atoms with Gasteiger partial charge in [-0.3, -0.25) is 4.79 Å². The lowest BCUT2D eigenvalue weighted by molar-refractivity contribution is 0.0734. The Morgan fingerprint density at radius 1 is 1.10 bits per heavy atom. The normalized spacial score (nSPS) is 27.7. The van der Waals surface area contributed by atoms with Gasteiger partial charge in [-0.15, -0.1) is 0 Å². The third kappa shape index (κ3) is 3.42. The second-order valence-electron chi connectivity index (χ2n) is 11.5. The molecule has 0 radical (unpaired) electrons. The standard InChI is InChI=1S/C29H29FN7OP/c1-35-23-10-22(25-18(15-5-6-15)3-2-4-19(25)27(35)38)37-21-9-16(7-8-20(21)34-26(23)37)17-11-32-28(33-12-17)36-13-24(31)29(30,39)14-36/h2-4,7-9,11-12,15,22-24H,5-6,10,13-14,31,39H2,1H3. The Morgan fingerprint density at radius 2 is 1.90 bits per heavy atom. The first-order valence-corrected chi connectivity index (χ1v) is 14.1. The molecular formula is C29H29FN7OP. The lowest BCUT2D eigenvalue weighted by Gasteiger charge is -2.25. The van der Waals surface area contributed by atoms with Crippen LogP contribution in [0.2, 0.25) is 0 Å². The number of halogens is 1. The summed E-state index contributed by atoms with van der Waals surface area (Å²) in [5.41, 5.74) is 13.1. The fourth-order valence-corrected chi connectivity index (χ4v) is 7.05. The van der Waals surface area contributed by atoms with Crippen molar-refractivity contribution in [3.8, 4) is 11.1 Å². The van der Waals surface area contributed by atoms with Gasteiger partial charge in [-0.2, -0.15) is 0 Å². The molecule has 2 aromatic carbocycles. The van der Waals surface area contributed by atoms with Crippen LogP contribution < -0.4 is 10.6 Å². The third-order valence-electron chi connectivity index (χ3n) is 9.00. The topological polar surface area (TPSA) is 93.2 Å². The van der Waals surface area contributed by atoms with Crippen LogP contribution in [0.5, 0.6) is 0 Å². The second kappa shape index (κ2) is 8.05. The molecule has 2 fully saturated rings. The molecule has 1 saturated carbocycles. The van der Waals surface area contributed by atoms with E-state index in [9.17, 15) is 9.18 Å². The zero-order chi connectivity index (χ0) is 26.6. The molecule has 4 aliphatic rings. The fraction of sp³-hybridized carbons (Fsp3) is 0.379. The molecule has 0 spiro atoms. The zero-order valence-electron chi connectivity index (χ0n) is 21.6. The van der Waals surface area contributed by atoms with Gasteiger partial charge >= 0.3 is 0 Å². The average Bonchev–Trinajstić information content (AvgIpc) is 3.57. The van der Waals surface area contributed by atoms with Gasteiger partial charge in [0.15, 0.2) is 5.41 Å². The number of aromatic nitrogens is 4. The van der Waals surface area contributed by atoms with Gasteiger partial charge in [0.2, 0.25) is 5.95 Å². The van der Waals surface area contributed by atoms with Gasteiger partial charge in [0.1, 0.15) is 5.82 Å². The smallest absolute Gasteiger partial charge is 0.254 e. The fourth-order valence-electron chi connectivity index (χ4n) is 6.73. The van der Waals surface area contributed by atoms with Gasteiger partial charge in [0.05, 0.1) is 35.7 Å². The minimum absolute atomic E-state index is 0.0633. The summed E-state index contributed by atoms with van der Waals surface area (Å²) in [5, 5.41) is -1.54. The van der Waals surface area contributed by atoms with Gasteiger partial charge in [0.25, 0.3) is 5.91 Å². The summed E-state index contributed by atoms with van der Waals surface area (Å²) < 4.78 is 16.9. The van der Waals surface area contributed by atoms with Crippen LogP contribution in [-0.2, 0) is 0 Å². The van der Waals surface area contributed by atoms with Crippen molar-refractivity contribution in [3.05, 3.63) is 71.3 Å². The number of amides is 1. The van der Waals surface area contributed by atoms with Crippen molar-refractivity contribution in [1.82, 2.24) is 24.4 Å². The molecule has 1 saturated heterocycles. The number of alkyl halides is 1. The Hall–Kier alpha value is -3.42. The van der Waals surface area contributed by atoms with E-state index in [1.54, 1.807) is 17.3 Å². The van der Waals surface area contributed by atoms with E-state index in [4.69, 9.17) is 10.7 Å². The highest BCUT2D eigenvalue weighted by Gasteiger charge is 2.46. The summed E-state index contributed by atoms with van der Waals surface area (Å²) in [7, 11) is 4.12. The van der Waals surface area contributed by atoms with E-state index in [1.165, 1.54) is 24.0 Å². The molecule has 2 N–H and O–H groups in total. The maximum absolute atomic E-state index is 14.6. The number of nitrogens with two attached hydrogens (primary N) is 1. The van der Waals surface area contributed by atoms with Crippen molar-refractivity contribution in [2.75, 3.05) is 25.0 Å². The van der Waals surface area contributed by atoms with Crippen LogP contribution in [0.25, 0.3) is 22.2 Å². The monoisotopic (exact) mass is 541 g/mol. The molecule has 39 heavy (non-hydrogen) atoms. The van der Waals surface area contributed by atoms with E-state index in [2.05, 4.69) is 35.9 Å². The highest BCUT2D eigenvalue weighted by atomic mass is 31.0. The van der Waals surface area contributed by atoms with E-state index in [0.717, 1.165) is 40.0 Å². The van der Waals surface area contributed by atoms with E-state index < -0.39 is 11.5 Å². The van der Waals surface area contributed by atoms with E-state index in [1.807, 2.05) is 36.2 Å². The molecule has 2 aromatic heterocycles. The number of imidazole rings is 1. The van der Waals surface area contributed by atoms with Crippen LogP contribution in [0.15, 0.2) is 48.8 Å². The van der Waals surface area contributed by atoms with Crippen LogP contribution in [0.4, 0.5) is 10.3 Å². The minimum Gasteiger partial charge on any atom is -0.336 e. The van der Waals surface area contributed by atoms with E-state index >= 15 is 0 Å². The summed E-state index contributed by atoms with van der Waals surface area (Å²) in [6.45, 7) is 0.521. The van der Waals surface area contributed by atoms with Gasteiger partial charge in [-0.1, -0.05) is 27.4 Å². The van der Waals surface area contributed by atoms with Crippen molar-refractivity contribution in [3.63, 3.8) is 0 Å². The largest absolute Gasteiger partial charge is 0.336 e. The Morgan fingerprint density at radius 3 is 2.62 bits per heavy atom. The Bertz CT molecular complexity index is 1660. The van der Waals surface area contributed by atoms with Crippen molar-refractivity contribution < 1.29 is 9.18 Å². The first kappa shape index (κ1) is 23.5. The van der Waals surface area contributed by atoms with Gasteiger partial charge in [-0.05, 0) is 53.6 Å². The molecule has 5 atom stereocenters. The predicted octanol–water partition coefficient (Wildman–Crippen LogP) is 4.18.